The summed E-state index contributed by atoms with van der Waals surface area (Å²) in [5.74, 6) is -1.99. The van der Waals surface area contributed by atoms with Gasteiger partial charge >= 0.3 is 5.97 Å². The molecule has 0 atom stereocenters. The average Bonchev–Trinajstić information content (AvgIpc) is 3.05. The second kappa shape index (κ2) is 11.4. The maximum Gasteiger partial charge on any atom is 0.339 e. The van der Waals surface area contributed by atoms with Gasteiger partial charge in [-0.05, 0) is 60.2 Å². The fourth-order valence-electron chi connectivity index (χ4n) is 2.89. The molecule has 1 saturated heterocycles. The van der Waals surface area contributed by atoms with Gasteiger partial charge in [0, 0.05) is 5.69 Å². The lowest BCUT2D eigenvalue weighted by Crippen LogP contribution is -2.36. The first kappa shape index (κ1) is 25.6. The standard InChI is InChI=1S/C23H20Cl2N2O6S/c1-2-3-8-33-22(31)15-11-14(5-6-16(15)24)26-20(29)12-27-21(30)19(34-23(27)32)10-13-4-7-18(28)17(25)9-13/h4-7,9-11,28H,2-3,8,12H2,1H3,(H,26,29)/b19-10+. The third-order valence-corrected chi connectivity index (χ3v) is 6.19. The van der Waals surface area contributed by atoms with E-state index in [0.717, 1.165) is 11.3 Å². The molecule has 1 heterocycles. The summed E-state index contributed by atoms with van der Waals surface area (Å²) >= 11 is 12.6. The highest BCUT2D eigenvalue weighted by molar-refractivity contribution is 8.18. The number of aromatic hydroxyl groups is 1. The van der Waals surface area contributed by atoms with Gasteiger partial charge in [0.1, 0.15) is 12.3 Å². The number of ether oxygens (including phenoxy) is 1. The molecule has 8 nitrogen and oxygen atoms in total. The molecule has 2 N–H and O–H groups in total. The molecule has 2 aromatic rings. The van der Waals surface area contributed by atoms with Gasteiger partial charge in [-0.2, -0.15) is 0 Å². The molecule has 11 heteroatoms. The maximum absolute atomic E-state index is 12.6. The molecule has 1 aliphatic rings. The van der Waals surface area contributed by atoms with Crippen LogP contribution in [0.5, 0.6) is 5.75 Å². The summed E-state index contributed by atoms with van der Waals surface area (Å²) < 4.78 is 5.15. The SMILES string of the molecule is CCCCOC(=O)c1cc(NC(=O)CN2C(=O)S/C(=C/c3ccc(O)c(Cl)c3)C2=O)ccc1Cl. The number of carbonyl (C=O) groups excluding carboxylic acids is 4. The van der Waals surface area contributed by atoms with E-state index in [1.807, 2.05) is 6.92 Å². The molecule has 0 aliphatic carbocycles. The number of esters is 1. The Labute approximate surface area is 209 Å². The van der Waals surface area contributed by atoms with Crippen LogP contribution in [0.4, 0.5) is 10.5 Å². The summed E-state index contributed by atoms with van der Waals surface area (Å²) in [5, 5.41) is 11.7. The van der Waals surface area contributed by atoms with Crippen molar-refractivity contribution in [3.63, 3.8) is 0 Å². The number of carbonyl (C=O) groups is 4. The number of hydrogen-bond donors (Lipinski definition) is 2. The molecule has 0 spiro atoms. The lowest BCUT2D eigenvalue weighted by Gasteiger charge is -2.13. The molecule has 1 aliphatic heterocycles. The van der Waals surface area contributed by atoms with E-state index >= 15 is 0 Å². The normalized spacial score (nSPS) is 14.6. The second-order valence-corrected chi connectivity index (χ2v) is 9.02. The van der Waals surface area contributed by atoms with E-state index in [2.05, 4.69) is 5.32 Å². The molecule has 0 bridgehead atoms. The van der Waals surface area contributed by atoms with Gasteiger partial charge in [0.25, 0.3) is 11.1 Å². The molecular formula is C23H20Cl2N2O6S. The van der Waals surface area contributed by atoms with Crippen LogP contribution in [0.25, 0.3) is 6.08 Å². The molecule has 178 valence electrons. The molecule has 3 amide bonds. The lowest BCUT2D eigenvalue weighted by molar-refractivity contribution is -0.127. The van der Waals surface area contributed by atoms with E-state index in [0.29, 0.717) is 23.7 Å². The summed E-state index contributed by atoms with van der Waals surface area (Å²) in [5.41, 5.74) is 0.868. The third kappa shape index (κ3) is 6.31. The maximum atomic E-state index is 12.6. The Hall–Kier alpha value is -3.01. The van der Waals surface area contributed by atoms with E-state index in [1.54, 1.807) is 0 Å². The fraction of sp³-hybridized carbons (Fsp3) is 0.217. The molecule has 0 aromatic heterocycles. The highest BCUT2D eigenvalue weighted by atomic mass is 35.5. The zero-order chi connectivity index (χ0) is 24.8. The Bertz CT molecular complexity index is 1180. The van der Waals surface area contributed by atoms with Crippen LogP contribution in [-0.2, 0) is 14.3 Å². The monoisotopic (exact) mass is 522 g/mol. The lowest BCUT2D eigenvalue weighted by atomic mass is 10.2. The van der Waals surface area contributed by atoms with E-state index in [4.69, 9.17) is 27.9 Å². The van der Waals surface area contributed by atoms with Gasteiger partial charge in [-0.3, -0.25) is 19.3 Å². The zero-order valence-electron chi connectivity index (χ0n) is 18.0. The molecule has 34 heavy (non-hydrogen) atoms. The van der Waals surface area contributed by atoms with Gasteiger partial charge in [0.15, 0.2) is 0 Å². The molecule has 1 fully saturated rings. The van der Waals surface area contributed by atoms with Crippen LogP contribution >= 0.6 is 35.0 Å². The van der Waals surface area contributed by atoms with E-state index in [-0.39, 0.29) is 38.6 Å². The van der Waals surface area contributed by atoms with Crippen molar-refractivity contribution in [2.75, 3.05) is 18.5 Å². The summed E-state index contributed by atoms with van der Waals surface area (Å²) in [6.07, 6.45) is 3.03. The number of amides is 3. The van der Waals surface area contributed by atoms with Crippen molar-refractivity contribution in [3.8, 4) is 5.75 Å². The predicted octanol–water partition coefficient (Wildman–Crippen LogP) is 5.33. The first-order valence-electron chi connectivity index (χ1n) is 10.2. The zero-order valence-corrected chi connectivity index (χ0v) is 20.3. The number of nitrogens with zero attached hydrogens (tertiary/aromatic N) is 1. The molecule has 0 radical (unpaired) electrons. The Morgan fingerprint density at radius 2 is 1.91 bits per heavy atom. The van der Waals surface area contributed by atoms with Gasteiger partial charge in [-0.25, -0.2) is 4.79 Å². The molecule has 3 rings (SSSR count). The summed E-state index contributed by atoms with van der Waals surface area (Å²) in [4.78, 5) is 50.6. The van der Waals surface area contributed by atoms with Gasteiger partial charge < -0.3 is 15.2 Å². The van der Waals surface area contributed by atoms with Crippen LogP contribution in [-0.4, -0.2) is 46.2 Å². The number of anilines is 1. The minimum absolute atomic E-state index is 0.0947. The first-order chi connectivity index (χ1) is 16.2. The molecule has 2 aromatic carbocycles. The smallest absolute Gasteiger partial charge is 0.339 e. The van der Waals surface area contributed by atoms with Crippen molar-refractivity contribution in [1.82, 2.24) is 4.90 Å². The average molecular weight is 523 g/mol. The van der Waals surface area contributed by atoms with Crippen molar-refractivity contribution in [2.24, 2.45) is 0 Å². The summed E-state index contributed by atoms with van der Waals surface area (Å²) in [7, 11) is 0. The van der Waals surface area contributed by atoms with Crippen molar-refractivity contribution >= 4 is 69.8 Å². The number of benzene rings is 2. The Balaban J connectivity index is 1.66. The number of nitrogens with one attached hydrogen (secondary N) is 1. The van der Waals surface area contributed by atoms with E-state index < -0.39 is 29.6 Å². The van der Waals surface area contributed by atoms with Gasteiger partial charge in [-0.15, -0.1) is 0 Å². The predicted molar refractivity (Wildman–Crippen MR) is 131 cm³/mol. The quantitative estimate of drug-likeness (QED) is 0.273. The Morgan fingerprint density at radius 3 is 2.62 bits per heavy atom. The highest BCUT2D eigenvalue weighted by Crippen LogP contribution is 2.33. The number of hydrogen-bond acceptors (Lipinski definition) is 7. The van der Waals surface area contributed by atoms with Gasteiger partial charge in [0.2, 0.25) is 5.91 Å². The van der Waals surface area contributed by atoms with Crippen LogP contribution in [0.1, 0.15) is 35.7 Å². The van der Waals surface area contributed by atoms with Crippen LogP contribution < -0.4 is 5.32 Å². The first-order valence-corrected chi connectivity index (χ1v) is 11.8. The van der Waals surface area contributed by atoms with Crippen molar-refractivity contribution < 1.29 is 29.0 Å². The summed E-state index contributed by atoms with van der Waals surface area (Å²) in [6.45, 7) is 1.70. The third-order valence-electron chi connectivity index (χ3n) is 4.65. The van der Waals surface area contributed by atoms with Crippen molar-refractivity contribution in [3.05, 3.63) is 62.5 Å². The van der Waals surface area contributed by atoms with Crippen LogP contribution in [0.2, 0.25) is 10.0 Å². The van der Waals surface area contributed by atoms with E-state index in [1.165, 1.54) is 42.5 Å². The van der Waals surface area contributed by atoms with Gasteiger partial charge in [0.05, 0.1) is 27.1 Å². The van der Waals surface area contributed by atoms with Gasteiger partial charge in [-0.1, -0.05) is 42.6 Å². The van der Waals surface area contributed by atoms with Crippen LogP contribution in [0, 0.1) is 0 Å². The Morgan fingerprint density at radius 1 is 1.15 bits per heavy atom. The number of thioether (sulfide) groups is 1. The second-order valence-electron chi connectivity index (χ2n) is 7.21. The number of rotatable bonds is 8. The highest BCUT2D eigenvalue weighted by Gasteiger charge is 2.36. The Kier molecular flexibility index (Phi) is 8.60. The van der Waals surface area contributed by atoms with Crippen LogP contribution in [0.15, 0.2) is 41.3 Å². The van der Waals surface area contributed by atoms with Crippen molar-refractivity contribution in [1.29, 1.82) is 0 Å². The topological polar surface area (TPSA) is 113 Å². The largest absolute Gasteiger partial charge is 0.506 e. The minimum Gasteiger partial charge on any atom is -0.506 e. The number of halogens is 2. The number of unbranched alkanes of at least 4 members (excludes halogenated alkanes) is 1. The molecular weight excluding hydrogens is 503 g/mol. The number of phenols is 1. The van der Waals surface area contributed by atoms with E-state index in [9.17, 15) is 24.3 Å². The molecule has 0 unspecified atom stereocenters. The minimum atomic E-state index is -0.635. The van der Waals surface area contributed by atoms with Crippen molar-refractivity contribution in [2.45, 2.75) is 19.8 Å². The number of imide groups is 1. The van der Waals surface area contributed by atoms with Crippen LogP contribution in [0.3, 0.4) is 0 Å². The summed E-state index contributed by atoms with van der Waals surface area (Å²) in [6, 6.07) is 8.66. The molecule has 0 saturated carbocycles. The number of phenolic OH excluding ortho intramolecular Hbond substituents is 1. The fourth-order valence-corrected chi connectivity index (χ4v) is 4.11.